The molecule has 27 heavy (non-hydrogen) atoms. The smallest absolute Gasteiger partial charge is 0.352 e. The Kier molecular flexibility index (Phi) is 5.88. The molecule has 0 aliphatic carbocycles. The third-order valence-corrected chi connectivity index (χ3v) is 4.70. The highest BCUT2D eigenvalue weighted by molar-refractivity contribution is 6.33. The number of aromatic nitrogens is 3. The van der Waals surface area contributed by atoms with E-state index in [0.29, 0.717) is 51.4 Å². The Morgan fingerprint density at radius 3 is 2.56 bits per heavy atom. The van der Waals surface area contributed by atoms with E-state index in [1.54, 1.807) is 20.7 Å². The molecule has 0 N–H and O–H groups in total. The second-order valence-electron chi connectivity index (χ2n) is 6.27. The topological polar surface area (TPSA) is 54.3 Å². The number of nitrogens with zero attached hydrogens (tertiary/aromatic N) is 5. The van der Waals surface area contributed by atoms with Crippen molar-refractivity contribution in [1.29, 1.82) is 0 Å². The number of hydrogen-bond acceptors (Lipinski definition) is 4. The number of carbonyl (C=O) groups excluding carboxylic acids is 1. The number of amides is 1. The summed E-state index contributed by atoms with van der Waals surface area (Å²) in [7, 11) is 0. The maximum Gasteiger partial charge on any atom is 0.417 e. The number of piperazine rings is 1. The van der Waals surface area contributed by atoms with Gasteiger partial charge in [-0.15, -0.1) is 0 Å². The highest BCUT2D eigenvalue weighted by atomic mass is 35.5. The molecule has 0 unspecified atom stereocenters. The van der Waals surface area contributed by atoms with Gasteiger partial charge in [0.15, 0.2) is 0 Å². The first-order valence-corrected chi connectivity index (χ1v) is 8.95. The minimum absolute atomic E-state index is 0.0381. The SMILES string of the molecule is O=C(CCCn1cccn1)N1CCN(c2ncc(C(F)(F)F)cc2Cl)CC1. The molecule has 1 saturated heterocycles. The average molecular weight is 402 g/mol. The summed E-state index contributed by atoms with van der Waals surface area (Å²) in [5.41, 5.74) is -0.873. The van der Waals surface area contributed by atoms with Gasteiger partial charge in [0.2, 0.25) is 5.91 Å². The van der Waals surface area contributed by atoms with Gasteiger partial charge in [0, 0.05) is 57.7 Å². The standard InChI is InChI=1S/C17H19ClF3N5O/c18-14-11-13(17(19,20)21)12-22-16(14)25-9-7-24(8-10-25)15(27)3-1-5-26-6-2-4-23-26/h2,4,6,11-12H,1,3,5,7-10H2. The van der Waals surface area contributed by atoms with Crippen LogP contribution >= 0.6 is 11.6 Å². The predicted octanol–water partition coefficient (Wildman–Crippen LogP) is 3.08. The minimum atomic E-state index is -4.48. The van der Waals surface area contributed by atoms with Gasteiger partial charge in [0.25, 0.3) is 0 Å². The lowest BCUT2D eigenvalue weighted by Crippen LogP contribution is -2.49. The summed E-state index contributed by atoms with van der Waals surface area (Å²) in [6, 6.07) is 2.72. The molecule has 0 atom stereocenters. The lowest BCUT2D eigenvalue weighted by molar-refractivity contribution is -0.137. The van der Waals surface area contributed by atoms with Crippen LogP contribution in [0.25, 0.3) is 0 Å². The van der Waals surface area contributed by atoms with E-state index in [9.17, 15) is 18.0 Å². The van der Waals surface area contributed by atoms with E-state index < -0.39 is 11.7 Å². The molecular formula is C17H19ClF3N5O. The van der Waals surface area contributed by atoms with Gasteiger partial charge >= 0.3 is 6.18 Å². The second-order valence-corrected chi connectivity index (χ2v) is 6.67. The maximum absolute atomic E-state index is 12.7. The quantitative estimate of drug-likeness (QED) is 0.772. The fourth-order valence-corrected chi connectivity index (χ4v) is 3.26. The van der Waals surface area contributed by atoms with E-state index >= 15 is 0 Å². The van der Waals surface area contributed by atoms with Crippen LogP contribution in [0.15, 0.2) is 30.7 Å². The zero-order valence-corrected chi connectivity index (χ0v) is 15.2. The van der Waals surface area contributed by atoms with Crippen molar-refractivity contribution in [2.75, 3.05) is 31.1 Å². The Morgan fingerprint density at radius 2 is 1.96 bits per heavy atom. The zero-order chi connectivity index (χ0) is 19.4. The van der Waals surface area contributed by atoms with E-state index in [1.807, 2.05) is 12.3 Å². The van der Waals surface area contributed by atoms with Crippen molar-refractivity contribution in [2.24, 2.45) is 0 Å². The third kappa shape index (κ3) is 4.91. The first kappa shape index (κ1) is 19.5. The number of pyridine rings is 1. The number of carbonyl (C=O) groups is 1. The van der Waals surface area contributed by atoms with Gasteiger partial charge in [0.05, 0.1) is 10.6 Å². The Labute approximate surface area is 159 Å². The molecule has 1 aliphatic rings. The van der Waals surface area contributed by atoms with Crippen LogP contribution in [0.1, 0.15) is 18.4 Å². The summed E-state index contributed by atoms with van der Waals surface area (Å²) in [4.78, 5) is 19.7. The number of rotatable bonds is 5. The molecule has 3 heterocycles. The Balaban J connectivity index is 1.50. The summed E-state index contributed by atoms with van der Waals surface area (Å²) >= 11 is 5.99. The first-order valence-electron chi connectivity index (χ1n) is 8.57. The van der Waals surface area contributed by atoms with Gasteiger partial charge < -0.3 is 9.80 Å². The van der Waals surface area contributed by atoms with Gasteiger partial charge in [-0.1, -0.05) is 11.6 Å². The molecule has 0 radical (unpaired) electrons. The largest absolute Gasteiger partial charge is 0.417 e. The molecule has 1 aliphatic heterocycles. The van der Waals surface area contributed by atoms with Crippen molar-refractivity contribution in [3.8, 4) is 0 Å². The van der Waals surface area contributed by atoms with Gasteiger partial charge in [-0.3, -0.25) is 9.48 Å². The number of alkyl halides is 3. The maximum atomic E-state index is 12.7. The number of anilines is 1. The van der Waals surface area contributed by atoms with Gasteiger partial charge in [-0.05, 0) is 18.6 Å². The van der Waals surface area contributed by atoms with Crippen molar-refractivity contribution >= 4 is 23.3 Å². The Bertz CT molecular complexity index is 773. The number of hydrogen-bond donors (Lipinski definition) is 0. The van der Waals surface area contributed by atoms with Gasteiger partial charge in [0.1, 0.15) is 5.82 Å². The van der Waals surface area contributed by atoms with Crippen molar-refractivity contribution in [2.45, 2.75) is 25.6 Å². The van der Waals surface area contributed by atoms with E-state index in [0.717, 1.165) is 12.3 Å². The fourth-order valence-electron chi connectivity index (χ4n) is 2.97. The summed E-state index contributed by atoms with van der Waals surface area (Å²) in [6.45, 7) is 2.61. The molecule has 1 fully saturated rings. The molecule has 1 amide bonds. The first-order chi connectivity index (χ1) is 12.8. The highest BCUT2D eigenvalue weighted by Crippen LogP contribution is 2.33. The molecule has 10 heteroatoms. The van der Waals surface area contributed by atoms with Crippen LogP contribution in [0.4, 0.5) is 19.0 Å². The number of halogens is 4. The minimum Gasteiger partial charge on any atom is -0.352 e. The summed E-state index contributed by atoms with van der Waals surface area (Å²) in [5, 5.41) is 4.06. The molecule has 0 aromatic carbocycles. The summed E-state index contributed by atoms with van der Waals surface area (Å²) in [6.07, 6.45) is 0.988. The van der Waals surface area contributed by atoms with Gasteiger partial charge in [-0.25, -0.2) is 4.98 Å². The van der Waals surface area contributed by atoms with E-state index in [-0.39, 0.29) is 10.9 Å². The van der Waals surface area contributed by atoms with Crippen LogP contribution in [-0.4, -0.2) is 51.8 Å². The van der Waals surface area contributed by atoms with E-state index in [1.165, 1.54) is 0 Å². The van der Waals surface area contributed by atoms with Crippen LogP contribution in [0.2, 0.25) is 5.02 Å². The number of aryl methyl sites for hydroxylation is 1. The molecular weight excluding hydrogens is 383 g/mol. The van der Waals surface area contributed by atoms with Crippen molar-refractivity contribution < 1.29 is 18.0 Å². The molecule has 0 saturated carbocycles. The molecule has 6 nitrogen and oxygen atoms in total. The second kappa shape index (κ2) is 8.16. The lowest BCUT2D eigenvalue weighted by atomic mass is 10.2. The fraction of sp³-hybridized carbons (Fsp3) is 0.471. The Hall–Kier alpha value is -2.29. The third-order valence-electron chi connectivity index (χ3n) is 4.42. The molecule has 0 spiro atoms. The zero-order valence-electron chi connectivity index (χ0n) is 14.5. The van der Waals surface area contributed by atoms with Crippen LogP contribution in [0.5, 0.6) is 0 Å². The Morgan fingerprint density at radius 1 is 1.22 bits per heavy atom. The highest BCUT2D eigenvalue weighted by Gasteiger charge is 2.32. The summed E-state index contributed by atoms with van der Waals surface area (Å²) < 4.78 is 39.9. The molecule has 146 valence electrons. The normalized spacial score (nSPS) is 15.3. The van der Waals surface area contributed by atoms with Crippen LogP contribution in [0, 0.1) is 0 Å². The predicted molar refractivity (Wildman–Crippen MR) is 94.5 cm³/mol. The van der Waals surface area contributed by atoms with Crippen molar-refractivity contribution in [1.82, 2.24) is 19.7 Å². The molecule has 2 aromatic heterocycles. The summed E-state index contributed by atoms with van der Waals surface area (Å²) in [5.74, 6) is 0.378. The average Bonchev–Trinajstić information content (AvgIpc) is 3.14. The van der Waals surface area contributed by atoms with Crippen LogP contribution in [0.3, 0.4) is 0 Å². The van der Waals surface area contributed by atoms with Crippen LogP contribution in [-0.2, 0) is 17.5 Å². The van der Waals surface area contributed by atoms with Crippen LogP contribution < -0.4 is 4.90 Å². The van der Waals surface area contributed by atoms with Crippen molar-refractivity contribution in [3.63, 3.8) is 0 Å². The van der Waals surface area contributed by atoms with Crippen molar-refractivity contribution in [3.05, 3.63) is 41.3 Å². The van der Waals surface area contributed by atoms with Gasteiger partial charge in [-0.2, -0.15) is 18.3 Å². The molecule has 3 rings (SSSR count). The van der Waals surface area contributed by atoms with E-state index in [4.69, 9.17) is 11.6 Å². The monoisotopic (exact) mass is 401 g/mol. The lowest BCUT2D eigenvalue weighted by Gasteiger charge is -2.36. The molecule has 0 bridgehead atoms. The molecule has 2 aromatic rings. The van der Waals surface area contributed by atoms with E-state index in [2.05, 4.69) is 10.1 Å².